The van der Waals surface area contributed by atoms with Crippen LogP contribution in [0, 0.1) is 10.7 Å². The number of aromatic hydroxyl groups is 1. The van der Waals surface area contributed by atoms with Gasteiger partial charge < -0.3 is 0 Å². The fourth-order valence-corrected chi connectivity index (χ4v) is 9.02. The molecule has 0 fully saturated rings. The van der Waals surface area contributed by atoms with Gasteiger partial charge in [-0.3, -0.25) is 0 Å². The van der Waals surface area contributed by atoms with E-state index in [-0.39, 0.29) is 56.8 Å². The molecule has 1 atom stereocenters. The molecule has 0 spiro atoms. The van der Waals surface area contributed by atoms with Crippen molar-refractivity contribution in [2.45, 2.75) is 13.8 Å². The van der Waals surface area contributed by atoms with E-state index >= 15 is 0 Å². The summed E-state index contributed by atoms with van der Waals surface area (Å²) in [6.07, 6.45) is 0. The van der Waals surface area contributed by atoms with Crippen LogP contribution in [-0.2, 0) is 17.1 Å². The Bertz CT molecular complexity index is 1150. The molecule has 2 amide bonds. The second-order valence-electron chi connectivity index (χ2n) is 6.24. The van der Waals surface area contributed by atoms with Crippen molar-refractivity contribution in [1.29, 1.82) is 0 Å². The van der Waals surface area contributed by atoms with Crippen LogP contribution in [0.5, 0.6) is 5.75 Å². The molecule has 9 nitrogen and oxygen atoms in total. The summed E-state index contributed by atoms with van der Waals surface area (Å²) < 4.78 is 29.8. The Morgan fingerprint density at radius 2 is 1.69 bits per heavy atom. The number of carbonyl (C=O) groups excluding carboxylic acids is 3. The van der Waals surface area contributed by atoms with Gasteiger partial charge in [-0.15, -0.1) is 0 Å². The zero-order valence-corrected chi connectivity index (χ0v) is 24.6. The van der Waals surface area contributed by atoms with E-state index in [1.54, 1.807) is 13.1 Å². The van der Waals surface area contributed by atoms with Crippen molar-refractivity contribution in [2.75, 3.05) is 17.3 Å². The summed E-state index contributed by atoms with van der Waals surface area (Å²) in [6, 6.07) is 5.02. The number of anilines is 2. The molecule has 0 bridgehead atoms. The van der Waals surface area contributed by atoms with Crippen LogP contribution >= 0.6 is 67.8 Å². The van der Waals surface area contributed by atoms with Gasteiger partial charge in [0, 0.05) is 0 Å². The van der Waals surface area contributed by atoms with Gasteiger partial charge in [-0.25, -0.2) is 0 Å². The number of hydrogen-bond donors (Lipinski definition) is 3. The first-order chi connectivity index (χ1) is 14.3. The third-order valence-electron chi connectivity index (χ3n) is 3.98. The first kappa shape index (κ1) is 30.2. The van der Waals surface area contributed by atoms with Gasteiger partial charge >= 0.3 is 253 Å². The number of halogens is 3. The summed E-state index contributed by atoms with van der Waals surface area (Å²) in [6.45, 7) is 2.59. The van der Waals surface area contributed by atoms with Crippen LogP contribution in [0.15, 0.2) is 24.3 Å². The molecule has 14 heteroatoms. The van der Waals surface area contributed by atoms with E-state index in [0.29, 0.717) is 12.8 Å². The normalized spacial score (nSPS) is 12.2. The molecule has 0 saturated carbocycles. The number of phenols is 1. The molecule has 32 heavy (non-hydrogen) atoms. The van der Waals surface area contributed by atoms with Crippen molar-refractivity contribution < 1.29 is 31.1 Å². The van der Waals surface area contributed by atoms with Crippen LogP contribution in [0.1, 0.15) is 24.2 Å². The number of nitrogens with zero attached hydrogens (tertiary/aromatic N) is 1. The SMILES string of the molecule is CC(=O)Nc1cc([As](=O)(O)OC(=O)c2c(I)cc(I)c(N(C)C(C)=O)c2I)ccc1O.[NaH]. The van der Waals surface area contributed by atoms with Crippen molar-refractivity contribution in [3.8, 4) is 5.75 Å². The molecule has 0 radical (unpaired) electrons. The molecule has 0 aliphatic carbocycles. The second kappa shape index (κ2) is 12.2. The van der Waals surface area contributed by atoms with Crippen LogP contribution in [0.3, 0.4) is 0 Å². The Kier molecular flexibility index (Phi) is 11.5. The van der Waals surface area contributed by atoms with E-state index in [0.717, 1.165) is 21.8 Å². The zero-order valence-electron chi connectivity index (χ0n) is 16.3. The predicted molar refractivity (Wildman–Crippen MR) is 147 cm³/mol. The molecule has 2 rings (SSSR count). The first-order valence-electron chi connectivity index (χ1n) is 8.36. The molecule has 1 unspecified atom stereocenters. The van der Waals surface area contributed by atoms with E-state index in [1.807, 2.05) is 67.8 Å². The number of hydrogen-bond acceptors (Lipinski definition) is 6. The zero-order chi connectivity index (χ0) is 23.7. The minimum atomic E-state index is -5.41. The maximum absolute atomic E-state index is 12.9. The average Bonchev–Trinajstić information content (AvgIpc) is 2.61. The Balaban J connectivity index is 0.00000512. The molecule has 0 heterocycles. The Morgan fingerprint density at radius 3 is 2.22 bits per heavy atom. The third-order valence-corrected chi connectivity index (χ3v) is 9.52. The molecular weight excluding hydrogens is 835 g/mol. The predicted octanol–water partition coefficient (Wildman–Crippen LogP) is 1.92. The van der Waals surface area contributed by atoms with E-state index in [1.165, 1.54) is 18.7 Å². The van der Waals surface area contributed by atoms with Crippen LogP contribution in [0.25, 0.3) is 0 Å². The van der Waals surface area contributed by atoms with Gasteiger partial charge in [-0.2, -0.15) is 0 Å². The average molecular weight is 852 g/mol. The molecule has 0 aromatic heterocycles. The molecular formula is C18H17AsI3N2NaO7. The Hall–Kier alpha value is 0.158. The quantitative estimate of drug-likeness (QED) is 0.238. The first-order valence-corrected chi connectivity index (χ1v) is 14.9. The van der Waals surface area contributed by atoms with Crippen LogP contribution < -0.4 is 14.6 Å². The van der Waals surface area contributed by atoms with Gasteiger partial charge in [0.15, 0.2) is 0 Å². The van der Waals surface area contributed by atoms with Crippen molar-refractivity contribution in [3.05, 3.63) is 40.5 Å². The molecule has 2 aromatic carbocycles. The Labute approximate surface area is 250 Å². The number of amides is 2. The fraction of sp³-hybridized carbons (Fsp3) is 0.167. The number of phenolic OH excluding ortho intramolecular Hbond substituents is 1. The van der Waals surface area contributed by atoms with Crippen LogP contribution in [0.4, 0.5) is 11.4 Å². The fourth-order valence-electron chi connectivity index (χ4n) is 2.43. The number of nitrogens with one attached hydrogen (secondary N) is 1. The van der Waals surface area contributed by atoms with Crippen molar-refractivity contribution in [2.24, 2.45) is 0 Å². The number of carbonyl (C=O) groups is 3. The summed E-state index contributed by atoms with van der Waals surface area (Å²) in [4.78, 5) is 37.4. The van der Waals surface area contributed by atoms with Crippen molar-refractivity contribution >= 4 is 145 Å². The van der Waals surface area contributed by atoms with Gasteiger partial charge in [0.05, 0.1) is 0 Å². The van der Waals surface area contributed by atoms with Gasteiger partial charge in [0.25, 0.3) is 0 Å². The Morgan fingerprint density at radius 1 is 1.09 bits per heavy atom. The van der Waals surface area contributed by atoms with Crippen molar-refractivity contribution in [3.63, 3.8) is 0 Å². The second-order valence-corrected chi connectivity index (χ2v) is 13.3. The van der Waals surface area contributed by atoms with Crippen LogP contribution in [0.2, 0.25) is 0 Å². The summed E-state index contributed by atoms with van der Waals surface area (Å²) in [5.74, 6) is -2.07. The topological polar surface area (TPSA) is 133 Å². The van der Waals surface area contributed by atoms with E-state index in [4.69, 9.17) is 3.73 Å². The van der Waals surface area contributed by atoms with Gasteiger partial charge in [-0.1, -0.05) is 0 Å². The maximum atomic E-state index is 12.9. The van der Waals surface area contributed by atoms with E-state index < -0.39 is 26.0 Å². The standard InChI is InChI=1S/C18H16AsI3N2O7.Na.H/c1-8(25)23-13-6-10(4-5-14(13)27)19(29,30)31-18(28)15-11(20)7-12(21)17(16(15)22)24(3)9(2)26;;/h4-7,27H,1-3H3,(H,23,25)(H,29,30);;. The van der Waals surface area contributed by atoms with Crippen LogP contribution in [-0.4, -0.2) is 77.8 Å². The van der Waals surface area contributed by atoms with Gasteiger partial charge in [-0.05, 0) is 0 Å². The van der Waals surface area contributed by atoms with E-state index in [9.17, 15) is 27.3 Å². The van der Waals surface area contributed by atoms with Gasteiger partial charge in [0.1, 0.15) is 0 Å². The summed E-state index contributed by atoms with van der Waals surface area (Å²) >= 11 is 0.438. The summed E-state index contributed by atoms with van der Waals surface area (Å²) in [5, 5.41) is 12.1. The van der Waals surface area contributed by atoms with E-state index in [2.05, 4.69) is 5.32 Å². The molecule has 168 valence electrons. The minimum absolute atomic E-state index is 0. The van der Waals surface area contributed by atoms with Gasteiger partial charge in [0.2, 0.25) is 0 Å². The van der Waals surface area contributed by atoms with Crippen molar-refractivity contribution in [1.82, 2.24) is 0 Å². The monoisotopic (exact) mass is 852 g/mol. The number of rotatable bonds is 5. The third kappa shape index (κ3) is 7.09. The molecule has 3 N–H and O–H groups in total. The number of benzene rings is 2. The summed E-state index contributed by atoms with van der Waals surface area (Å²) in [7, 11) is 1.56. The molecule has 0 saturated heterocycles. The molecule has 0 aliphatic rings. The molecule has 2 aromatic rings. The molecule has 0 aliphatic heterocycles. The summed E-state index contributed by atoms with van der Waals surface area (Å²) in [5.41, 5.74) is 0.459.